The zero-order valence-electron chi connectivity index (χ0n) is 16.5. The maximum atomic E-state index is 12.8. The Balaban J connectivity index is 1.81. The monoisotopic (exact) mass is 376 g/mol. The molecule has 0 aromatic carbocycles. The van der Waals surface area contributed by atoms with Crippen LogP contribution in [0.5, 0.6) is 0 Å². The third-order valence-corrected chi connectivity index (χ3v) is 5.04. The van der Waals surface area contributed by atoms with Crippen molar-refractivity contribution in [3.05, 3.63) is 34.2 Å². The zero-order valence-corrected chi connectivity index (χ0v) is 16.5. The summed E-state index contributed by atoms with van der Waals surface area (Å²) in [5.74, 6) is 0.958. The number of hydrogen-bond donors (Lipinski definition) is 0. The van der Waals surface area contributed by atoms with E-state index in [0.29, 0.717) is 37.6 Å². The Morgan fingerprint density at radius 1 is 1.41 bits per heavy atom. The molecule has 27 heavy (non-hydrogen) atoms. The topological polar surface area (TPSA) is 89.4 Å². The lowest BCUT2D eigenvalue weighted by molar-refractivity contribution is 0.0670. The fraction of sp³-hybridized carbons (Fsp3) is 0.667. The van der Waals surface area contributed by atoms with Gasteiger partial charge in [-0.3, -0.25) is 9.36 Å². The predicted molar refractivity (Wildman–Crippen MR) is 99.8 cm³/mol. The highest BCUT2D eigenvalue weighted by Crippen LogP contribution is 2.26. The van der Waals surface area contributed by atoms with Crippen LogP contribution >= 0.6 is 0 Å². The van der Waals surface area contributed by atoms with Crippen molar-refractivity contribution < 1.29 is 9.21 Å². The summed E-state index contributed by atoms with van der Waals surface area (Å²) < 4.78 is 8.53. The third kappa shape index (κ3) is 3.97. The fourth-order valence-electron chi connectivity index (χ4n) is 3.52. The maximum absolute atomic E-state index is 12.8. The molecule has 9 heteroatoms. The van der Waals surface area contributed by atoms with Crippen molar-refractivity contribution in [2.24, 2.45) is 0 Å². The van der Waals surface area contributed by atoms with Crippen molar-refractivity contribution in [3.8, 4) is 0 Å². The number of rotatable bonds is 6. The van der Waals surface area contributed by atoms with Gasteiger partial charge in [0.1, 0.15) is 5.82 Å². The van der Waals surface area contributed by atoms with Gasteiger partial charge in [-0.25, -0.2) is 14.5 Å². The molecule has 2 aromatic rings. The highest BCUT2D eigenvalue weighted by molar-refractivity contribution is 5.92. The van der Waals surface area contributed by atoms with Crippen molar-refractivity contribution in [2.75, 3.05) is 33.7 Å². The van der Waals surface area contributed by atoms with E-state index in [1.807, 2.05) is 25.9 Å². The van der Waals surface area contributed by atoms with Crippen LogP contribution in [-0.4, -0.2) is 68.8 Å². The van der Waals surface area contributed by atoms with E-state index < -0.39 is 0 Å². The van der Waals surface area contributed by atoms with E-state index in [9.17, 15) is 9.59 Å². The number of amides is 1. The molecule has 0 spiro atoms. The van der Waals surface area contributed by atoms with Crippen molar-refractivity contribution >= 4 is 5.91 Å². The fourth-order valence-corrected chi connectivity index (χ4v) is 3.52. The maximum Gasteiger partial charge on any atom is 0.345 e. The summed E-state index contributed by atoms with van der Waals surface area (Å²) >= 11 is 0. The molecule has 3 heterocycles. The number of likely N-dealkylation sites (tertiary alicyclic amines) is 1. The van der Waals surface area contributed by atoms with E-state index >= 15 is 0 Å². The van der Waals surface area contributed by atoms with Crippen LogP contribution in [0.4, 0.5) is 0 Å². The molecule has 1 aliphatic rings. The van der Waals surface area contributed by atoms with Gasteiger partial charge in [0.25, 0.3) is 5.91 Å². The number of aryl methyl sites for hydroxylation is 1. The molecule has 1 atom stereocenters. The van der Waals surface area contributed by atoms with Gasteiger partial charge in [-0.05, 0) is 40.8 Å². The van der Waals surface area contributed by atoms with Crippen molar-refractivity contribution in [2.45, 2.75) is 45.7 Å². The van der Waals surface area contributed by atoms with E-state index in [-0.39, 0.29) is 17.5 Å². The summed E-state index contributed by atoms with van der Waals surface area (Å²) in [6, 6.07) is 0. The quantitative estimate of drug-likeness (QED) is 0.745. The van der Waals surface area contributed by atoms with Crippen LogP contribution in [-0.2, 0) is 13.1 Å². The average Bonchev–Trinajstić information content (AvgIpc) is 3.22. The van der Waals surface area contributed by atoms with Gasteiger partial charge < -0.3 is 14.2 Å². The second-order valence-electron chi connectivity index (χ2n) is 7.27. The van der Waals surface area contributed by atoms with Gasteiger partial charge >= 0.3 is 5.69 Å². The molecule has 1 saturated heterocycles. The van der Waals surface area contributed by atoms with Crippen LogP contribution in [0.2, 0.25) is 0 Å². The molecule has 1 fully saturated rings. The van der Waals surface area contributed by atoms with Crippen LogP contribution < -0.4 is 5.69 Å². The third-order valence-electron chi connectivity index (χ3n) is 5.04. The van der Waals surface area contributed by atoms with Crippen LogP contribution in [0.1, 0.15) is 47.8 Å². The highest BCUT2D eigenvalue weighted by atomic mass is 16.3. The molecule has 0 bridgehead atoms. The van der Waals surface area contributed by atoms with Gasteiger partial charge in [-0.15, -0.1) is 0 Å². The lowest BCUT2D eigenvalue weighted by Crippen LogP contribution is -2.40. The van der Waals surface area contributed by atoms with E-state index in [2.05, 4.69) is 10.1 Å². The number of hydrogen-bond acceptors (Lipinski definition) is 6. The minimum Gasteiger partial charge on any atom is -0.438 e. The Labute approximate surface area is 158 Å². The number of oxazole rings is 1. The standard InChI is InChI=1S/C18H28N6O3/c1-5-23-16(20-24(18(23)26)10-9-21(3)4)14-7-6-8-22(11-14)17(25)15-13(2)19-12-27-15/h12,14H,5-11H2,1-4H3. The molecule has 0 aliphatic carbocycles. The number of likely N-dealkylation sites (N-methyl/N-ethyl adjacent to an activating group) is 1. The SMILES string of the molecule is CCn1c(C2CCCN(C(=O)c3ocnc3C)C2)nn(CCN(C)C)c1=O. The van der Waals surface area contributed by atoms with Crippen molar-refractivity contribution in [1.29, 1.82) is 0 Å². The molecule has 3 rings (SSSR count). The van der Waals surface area contributed by atoms with Gasteiger partial charge in [-0.2, -0.15) is 5.10 Å². The first-order valence-corrected chi connectivity index (χ1v) is 9.44. The van der Waals surface area contributed by atoms with Crippen LogP contribution in [0.15, 0.2) is 15.6 Å². The zero-order chi connectivity index (χ0) is 19.6. The molecule has 2 aromatic heterocycles. The van der Waals surface area contributed by atoms with E-state index in [0.717, 1.165) is 25.2 Å². The van der Waals surface area contributed by atoms with Crippen molar-refractivity contribution in [1.82, 2.24) is 29.1 Å². The normalized spacial score (nSPS) is 17.7. The Morgan fingerprint density at radius 2 is 2.19 bits per heavy atom. The molecule has 148 valence electrons. The van der Waals surface area contributed by atoms with Gasteiger partial charge in [-0.1, -0.05) is 0 Å². The Morgan fingerprint density at radius 3 is 2.81 bits per heavy atom. The first-order chi connectivity index (χ1) is 12.9. The Bertz CT molecular complexity index is 850. The Hall–Kier alpha value is -2.42. The summed E-state index contributed by atoms with van der Waals surface area (Å²) in [6.45, 7) is 6.79. The molecule has 1 amide bonds. The van der Waals surface area contributed by atoms with Crippen LogP contribution in [0.25, 0.3) is 0 Å². The van der Waals surface area contributed by atoms with E-state index in [4.69, 9.17) is 4.42 Å². The minimum absolute atomic E-state index is 0.0409. The second-order valence-corrected chi connectivity index (χ2v) is 7.27. The average molecular weight is 376 g/mol. The van der Waals surface area contributed by atoms with Crippen LogP contribution in [0.3, 0.4) is 0 Å². The lowest BCUT2D eigenvalue weighted by Gasteiger charge is -2.31. The first kappa shape index (κ1) is 19.3. The molecular formula is C18H28N6O3. The van der Waals surface area contributed by atoms with Gasteiger partial charge in [0.2, 0.25) is 5.76 Å². The lowest BCUT2D eigenvalue weighted by atomic mass is 9.97. The van der Waals surface area contributed by atoms with Gasteiger partial charge in [0.15, 0.2) is 6.39 Å². The molecule has 9 nitrogen and oxygen atoms in total. The largest absolute Gasteiger partial charge is 0.438 e. The van der Waals surface area contributed by atoms with Crippen molar-refractivity contribution in [3.63, 3.8) is 0 Å². The summed E-state index contributed by atoms with van der Waals surface area (Å²) in [5.41, 5.74) is 0.518. The molecule has 1 unspecified atom stereocenters. The Kier molecular flexibility index (Phi) is 5.79. The molecular weight excluding hydrogens is 348 g/mol. The molecule has 0 saturated carbocycles. The number of carbonyl (C=O) groups is 1. The smallest absolute Gasteiger partial charge is 0.345 e. The highest BCUT2D eigenvalue weighted by Gasteiger charge is 2.31. The summed E-state index contributed by atoms with van der Waals surface area (Å²) in [5, 5.41) is 4.62. The summed E-state index contributed by atoms with van der Waals surface area (Å²) in [6.07, 6.45) is 3.07. The second kappa shape index (κ2) is 8.08. The van der Waals surface area contributed by atoms with Gasteiger partial charge in [0.05, 0.1) is 12.2 Å². The molecule has 0 radical (unpaired) electrons. The van der Waals surface area contributed by atoms with E-state index in [1.54, 1.807) is 21.1 Å². The van der Waals surface area contributed by atoms with Crippen LogP contribution in [0, 0.1) is 6.92 Å². The summed E-state index contributed by atoms with van der Waals surface area (Å²) in [7, 11) is 3.94. The van der Waals surface area contributed by atoms with Gasteiger partial charge in [0, 0.05) is 32.1 Å². The number of nitrogens with zero attached hydrogens (tertiary/aromatic N) is 6. The minimum atomic E-state index is -0.146. The van der Waals surface area contributed by atoms with E-state index in [1.165, 1.54) is 6.39 Å². The number of carbonyl (C=O) groups excluding carboxylic acids is 1. The first-order valence-electron chi connectivity index (χ1n) is 9.44. The number of piperidine rings is 1. The molecule has 0 N–H and O–H groups in total. The summed E-state index contributed by atoms with van der Waals surface area (Å²) in [4.78, 5) is 33.2. The molecule has 1 aliphatic heterocycles. The predicted octanol–water partition coefficient (Wildman–Crippen LogP) is 0.943. The number of aromatic nitrogens is 4.